The number of esters is 1. The summed E-state index contributed by atoms with van der Waals surface area (Å²) in [6, 6.07) is 13.6. The van der Waals surface area contributed by atoms with Crippen molar-refractivity contribution in [2.75, 3.05) is 7.11 Å². The number of methoxy groups -OCH3 is 1. The van der Waals surface area contributed by atoms with Gasteiger partial charge in [-0.1, -0.05) is 40.2 Å². The van der Waals surface area contributed by atoms with Gasteiger partial charge in [-0.2, -0.15) is 0 Å². The molecule has 0 heterocycles. The number of para-hydroxylation sites is 1. The fraction of sp³-hybridized carbons (Fsp3) is 0.176. The summed E-state index contributed by atoms with van der Waals surface area (Å²) >= 11 is 3.31. The second-order valence-corrected chi connectivity index (χ2v) is 5.53. The first-order valence-electron chi connectivity index (χ1n) is 6.66. The average Bonchev–Trinajstić information content (AvgIpc) is 2.54. The predicted molar refractivity (Wildman–Crippen MR) is 86.3 cm³/mol. The molecule has 0 spiro atoms. The van der Waals surface area contributed by atoms with Crippen molar-refractivity contribution in [1.82, 2.24) is 0 Å². The molecule has 0 bridgehead atoms. The van der Waals surface area contributed by atoms with Gasteiger partial charge in [0.05, 0.1) is 7.11 Å². The first-order chi connectivity index (χ1) is 10.5. The standard InChI is InChI=1S/C17H15BrO4/c1-11(16(19)12-7-9-13(18)10-8-12)22-17(20)14-5-3-4-6-15(14)21-2/h3-11H,1-2H3/t11-/m0/s1. The van der Waals surface area contributed by atoms with Gasteiger partial charge < -0.3 is 9.47 Å². The average molecular weight is 363 g/mol. The number of halogens is 1. The van der Waals surface area contributed by atoms with Gasteiger partial charge in [0.25, 0.3) is 0 Å². The molecular weight excluding hydrogens is 348 g/mol. The fourth-order valence-electron chi connectivity index (χ4n) is 1.94. The minimum Gasteiger partial charge on any atom is -0.496 e. The molecule has 2 rings (SSSR count). The molecule has 114 valence electrons. The Hall–Kier alpha value is -2.14. The molecule has 0 aliphatic carbocycles. The first kappa shape index (κ1) is 16.2. The summed E-state index contributed by atoms with van der Waals surface area (Å²) in [6.07, 6.45) is -0.876. The van der Waals surface area contributed by atoms with E-state index in [0.717, 1.165) is 4.47 Å². The Morgan fingerprint density at radius 2 is 1.68 bits per heavy atom. The maximum atomic E-state index is 12.3. The van der Waals surface area contributed by atoms with Crippen LogP contribution in [0.4, 0.5) is 0 Å². The third kappa shape index (κ3) is 3.74. The molecule has 4 nitrogen and oxygen atoms in total. The van der Waals surface area contributed by atoms with Gasteiger partial charge in [0, 0.05) is 10.0 Å². The van der Waals surface area contributed by atoms with E-state index in [4.69, 9.17) is 9.47 Å². The van der Waals surface area contributed by atoms with E-state index in [9.17, 15) is 9.59 Å². The highest BCUT2D eigenvalue weighted by molar-refractivity contribution is 9.10. The van der Waals surface area contributed by atoms with Crippen LogP contribution in [0, 0.1) is 0 Å². The highest BCUT2D eigenvalue weighted by Crippen LogP contribution is 2.20. The van der Waals surface area contributed by atoms with Crippen LogP contribution in [0.5, 0.6) is 5.75 Å². The van der Waals surface area contributed by atoms with Gasteiger partial charge in [-0.05, 0) is 31.2 Å². The number of carbonyl (C=O) groups is 2. The minimum absolute atomic E-state index is 0.254. The van der Waals surface area contributed by atoms with E-state index in [1.165, 1.54) is 7.11 Å². The van der Waals surface area contributed by atoms with Crippen LogP contribution in [0.15, 0.2) is 53.0 Å². The molecule has 0 aromatic heterocycles. The monoisotopic (exact) mass is 362 g/mol. The van der Waals surface area contributed by atoms with Gasteiger partial charge in [0.2, 0.25) is 5.78 Å². The molecule has 2 aromatic rings. The molecule has 0 aliphatic rings. The SMILES string of the molecule is COc1ccccc1C(=O)O[C@@H](C)C(=O)c1ccc(Br)cc1. The van der Waals surface area contributed by atoms with Crippen LogP contribution in [-0.2, 0) is 4.74 Å². The summed E-state index contributed by atoms with van der Waals surface area (Å²) in [5, 5.41) is 0. The Kier molecular flexibility index (Phi) is 5.33. The van der Waals surface area contributed by atoms with Crippen molar-refractivity contribution in [2.24, 2.45) is 0 Å². The van der Waals surface area contributed by atoms with Gasteiger partial charge in [-0.3, -0.25) is 4.79 Å². The Labute approximate surface area is 137 Å². The lowest BCUT2D eigenvalue weighted by Gasteiger charge is -2.14. The van der Waals surface area contributed by atoms with Gasteiger partial charge in [-0.25, -0.2) is 4.79 Å². The van der Waals surface area contributed by atoms with E-state index < -0.39 is 12.1 Å². The van der Waals surface area contributed by atoms with Crippen LogP contribution in [0.25, 0.3) is 0 Å². The first-order valence-corrected chi connectivity index (χ1v) is 7.46. The number of rotatable bonds is 5. The number of benzene rings is 2. The van der Waals surface area contributed by atoms with Crippen molar-refractivity contribution in [3.05, 3.63) is 64.1 Å². The molecule has 5 heteroatoms. The lowest BCUT2D eigenvalue weighted by Crippen LogP contribution is -2.24. The summed E-state index contributed by atoms with van der Waals surface area (Å²) in [4.78, 5) is 24.4. The summed E-state index contributed by atoms with van der Waals surface area (Å²) in [5.41, 5.74) is 0.781. The molecular formula is C17H15BrO4. The number of ketones is 1. The highest BCUT2D eigenvalue weighted by atomic mass is 79.9. The molecule has 0 aliphatic heterocycles. The summed E-state index contributed by atoms with van der Waals surface area (Å²) in [7, 11) is 1.47. The summed E-state index contributed by atoms with van der Waals surface area (Å²) in [5.74, 6) is -0.429. The van der Waals surface area contributed by atoms with Crippen LogP contribution >= 0.6 is 15.9 Å². The van der Waals surface area contributed by atoms with Crippen molar-refractivity contribution >= 4 is 27.7 Å². The molecule has 0 unspecified atom stereocenters. The van der Waals surface area contributed by atoms with Crippen LogP contribution in [0.1, 0.15) is 27.6 Å². The van der Waals surface area contributed by atoms with E-state index >= 15 is 0 Å². The second-order valence-electron chi connectivity index (χ2n) is 4.62. The zero-order chi connectivity index (χ0) is 16.1. The topological polar surface area (TPSA) is 52.6 Å². The molecule has 22 heavy (non-hydrogen) atoms. The van der Waals surface area contributed by atoms with Crippen molar-refractivity contribution in [3.63, 3.8) is 0 Å². The van der Waals surface area contributed by atoms with E-state index in [2.05, 4.69) is 15.9 Å². The highest BCUT2D eigenvalue weighted by Gasteiger charge is 2.22. The van der Waals surface area contributed by atoms with Crippen LogP contribution in [0.2, 0.25) is 0 Å². The Morgan fingerprint density at radius 1 is 1.05 bits per heavy atom. The summed E-state index contributed by atoms with van der Waals surface area (Å²) in [6.45, 7) is 1.55. The van der Waals surface area contributed by atoms with Crippen molar-refractivity contribution in [3.8, 4) is 5.75 Å². The number of Topliss-reactive ketones (excluding diaryl/α,β-unsaturated/α-hetero) is 1. The largest absolute Gasteiger partial charge is 0.496 e. The molecule has 0 amide bonds. The maximum Gasteiger partial charge on any atom is 0.342 e. The third-order valence-corrected chi connectivity index (χ3v) is 3.64. The van der Waals surface area contributed by atoms with Crippen molar-refractivity contribution in [1.29, 1.82) is 0 Å². The molecule has 0 N–H and O–H groups in total. The van der Waals surface area contributed by atoms with E-state index in [1.54, 1.807) is 55.5 Å². The van der Waals surface area contributed by atoms with Crippen LogP contribution in [0.3, 0.4) is 0 Å². The molecule has 0 fully saturated rings. The Morgan fingerprint density at radius 3 is 2.32 bits per heavy atom. The van der Waals surface area contributed by atoms with Gasteiger partial charge in [0.15, 0.2) is 6.10 Å². The van der Waals surface area contributed by atoms with Gasteiger partial charge >= 0.3 is 5.97 Å². The van der Waals surface area contributed by atoms with Crippen molar-refractivity contribution in [2.45, 2.75) is 13.0 Å². The second kappa shape index (κ2) is 7.22. The van der Waals surface area contributed by atoms with E-state index in [0.29, 0.717) is 16.9 Å². The smallest absolute Gasteiger partial charge is 0.342 e. The summed E-state index contributed by atoms with van der Waals surface area (Å²) < 4.78 is 11.2. The zero-order valence-electron chi connectivity index (χ0n) is 12.2. The van der Waals surface area contributed by atoms with Crippen LogP contribution < -0.4 is 4.74 Å². The van der Waals surface area contributed by atoms with Crippen LogP contribution in [-0.4, -0.2) is 25.0 Å². The zero-order valence-corrected chi connectivity index (χ0v) is 13.8. The Balaban J connectivity index is 2.11. The molecule has 0 saturated carbocycles. The lowest BCUT2D eigenvalue weighted by molar-refractivity contribution is 0.0316. The van der Waals surface area contributed by atoms with Gasteiger partial charge in [-0.15, -0.1) is 0 Å². The maximum absolute atomic E-state index is 12.3. The van der Waals surface area contributed by atoms with Gasteiger partial charge in [0.1, 0.15) is 11.3 Å². The number of hydrogen-bond donors (Lipinski definition) is 0. The molecule has 1 atom stereocenters. The number of ether oxygens (including phenoxy) is 2. The predicted octanol–water partition coefficient (Wildman–Crippen LogP) is 3.89. The van der Waals surface area contributed by atoms with E-state index in [1.807, 2.05) is 0 Å². The Bertz CT molecular complexity index is 679. The quantitative estimate of drug-likeness (QED) is 0.598. The lowest BCUT2D eigenvalue weighted by atomic mass is 10.1. The number of hydrogen-bond acceptors (Lipinski definition) is 4. The normalized spacial score (nSPS) is 11.6. The fourth-order valence-corrected chi connectivity index (χ4v) is 2.20. The minimum atomic E-state index is -0.876. The molecule has 2 aromatic carbocycles. The molecule has 0 radical (unpaired) electrons. The third-order valence-electron chi connectivity index (χ3n) is 3.11. The number of carbonyl (C=O) groups excluding carboxylic acids is 2. The van der Waals surface area contributed by atoms with E-state index in [-0.39, 0.29) is 5.78 Å². The molecule has 0 saturated heterocycles. The van der Waals surface area contributed by atoms with Crippen molar-refractivity contribution < 1.29 is 19.1 Å².